The number of carbonyl (C=O) groups is 3. The lowest BCUT2D eigenvalue weighted by Crippen LogP contribution is -2.45. The van der Waals surface area contributed by atoms with Gasteiger partial charge in [0.2, 0.25) is 0 Å². The van der Waals surface area contributed by atoms with E-state index < -0.39 is 24.0 Å². The Bertz CT molecular complexity index is 513. The molecule has 0 saturated carbocycles. The fraction of sp³-hybridized carbons (Fsp3) is 0.357. The average Bonchev–Trinajstić information content (AvgIpc) is 2.47. The molecule has 0 unspecified atom stereocenters. The van der Waals surface area contributed by atoms with Gasteiger partial charge in [-0.3, -0.25) is 10.1 Å². The summed E-state index contributed by atoms with van der Waals surface area (Å²) in [6, 6.07) is 5.56. The zero-order valence-electron chi connectivity index (χ0n) is 12.1. The number of methoxy groups -OCH3 is 1. The molecule has 0 aliphatic carbocycles. The number of benzene rings is 1. The van der Waals surface area contributed by atoms with Crippen molar-refractivity contribution < 1.29 is 23.9 Å². The van der Waals surface area contributed by atoms with E-state index in [-0.39, 0.29) is 0 Å². The molecule has 1 aromatic carbocycles. The minimum atomic E-state index is -0.850. The molecular formula is C14H18N2O5. The van der Waals surface area contributed by atoms with Gasteiger partial charge in [-0.1, -0.05) is 0 Å². The standard InChI is InChI=1S/C14H18N2O5/c1-4-15-14(19)16-12(17)9(2)21-11-7-5-10(6-8-11)13(18)20-3/h5-9H,4H2,1-3H3,(H2,15,16,17,19)/t9-/m0/s1. The summed E-state index contributed by atoms with van der Waals surface area (Å²) in [5, 5.41) is 4.60. The Morgan fingerprint density at radius 3 is 2.33 bits per heavy atom. The molecule has 7 nitrogen and oxygen atoms in total. The second-order valence-corrected chi connectivity index (χ2v) is 4.12. The number of rotatable bonds is 5. The predicted octanol–water partition coefficient (Wildman–Crippen LogP) is 1.09. The summed E-state index contributed by atoms with van der Waals surface area (Å²) in [5.41, 5.74) is 0.379. The van der Waals surface area contributed by atoms with E-state index in [0.29, 0.717) is 17.9 Å². The van der Waals surface area contributed by atoms with Crippen molar-refractivity contribution in [1.29, 1.82) is 0 Å². The van der Waals surface area contributed by atoms with Crippen LogP contribution in [0.5, 0.6) is 5.75 Å². The molecule has 0 bridgehead atoms. The predicted molar refractivity (Wildman–Crippen MR) is 75.1 cm³/mol. The van der Waals surface area contributed by atoms with E-state index in [2.05, 4.69) is 15.4 Å². The summed E-state index contributed by atoms with van der Waals surface area (Å²) >= 11 is 0. The maximum atomic E-state index is 11.7. The number of carbonyl (C=O) groups excluding carboxylic acids is 3. The highest BCUT2D eigenvalue weighted by Gasteiger charge is 2.17. The van der Waals surface area contributed by atoms with E-state index >= 15 is 0 Å². The average molecular weight is 294 g/mol. The molecule has 21 heavy (non-hydrogen) atoms. The Kier molecular flexibility index (Phi) is 6.19. The van der Waals surface area contributed by atoms with Crippen LogP contribution in [0.2, 0.25) is 0 Å². The number of imide groups is 1. The number of hydrogen-bond donors (Lipinski definition) is 2. The Labute approximate surface area is 122 Å². The smallest absolute Gasteiger partial charge is 0.337 e. The third-order valence-corrected chi connectivity index (χ3v) is 2.53. The second-order valence-electron chi connectivity index (χ2n) is 4.12. The normalized spacial score (nSPS) is 11.2. The number of urea groups is 1. The molecule has 0 aromatic heterocycles. The third-order valence-electron chi connectivity index (χ3n) is 2.53. The SMILES string of the molecule is CCNC(=O)NC(=O)[C@H](C)Oc1ccc(C(=O)OC)cc1. The van der Waals surface area contributed by atoms with E-state index in [4.69, 9.17) is 4.74 Å². The Morgan fingerprint density at radius 1 is 1.19 bits per heavy atom. The minimum Gasteiger partial charge on any atom is -0.481 e. The molecule has 114 valence electrons. The lowest BCUT2D eigenvalue weighted by Gasteiger charge is -2.14. The fourth-order valence-corrected chi connectivity index (χ4v) is 1.46. The highest BCUT2D eigenvalue weighted by Crippen LogP contribution is 2.14. The highest BCUT2D eigenvalue weighted by atomic mass is 16.5. The molecule has 3 amide bonds. The molecule has 0 fully saturated rings. The molecule has 7 heteroatoms. The fourth-order valence-electron chi connectivity index (χ4n) is 1.46. The maximum Gasteiger partial charge on any atom is 0.337 e. The van der Waals surface area contributed by atoms with Crippen molar-refractivity contribution in [2.75, 3.05) is 13.7 Å². The number of esters is 1. The van der Waals surface area contributed by atoms with Crippen LogP contribution in [0.3, 0.4) is 0 Å². The first kappa shape index (κ1) is 16.5. The van der Waals surface area contributed by atoms with Crippen molar-refractivity contribution in [2.24, 2.45) is 0 Å². The summed E-state index contributed by atoms with van der Waals surface area (Å²) in [6.07, 6.45) is -0.850. The van der Waals surface area contributed by atoms with E-state index in [1.165, 1.54) is 26.2 Å². The van der Waals surface area contributed by atoms with E-state index in [9.17, 15) is 14.4 Å². The van der Waals surface area contributed by atoms with Crippen molar-refractivity contribution in [3.63, 3.8) is 0 Å². The van der Waals surface area contributed by atoms with Crippen LogP contribution in [-0.2, 0) is 9.53 Å². The van der Waals surface area contributed by atoms with Gasteiger partial charge in [-0.05, 0) is 38.1 Å². The van der Waals surface area contributed by atoms with Crippen molar-refractivity contribution >= 4 is 17.9 Å². The summed E-state index contributed by atoms with van der Waals surface area (Å²) in [7, 11) is 1.29. The van der Waals surface area contributed by atoms with Crippen LogP contribution in [0.4, 0.5) is 4.79 Å². The minimum absolute atomic E-state index is 0.379. The molecule has 2 N–H and O–H groups in total. The number of hydrogen-bond acceptors (Lipinski definition) is 5. The summed E-state index contributed by atoms with van der Waals surface area (Å²) in [6.45, 7) is 3.68. The molecular weight excluding hydrogens is 276 g/mol. The number of amides is 3. The quantitative estimate of drug-likeness (QED) is 0.793. The second kappa shape index (κ2) is 7.88. The zero-order chi connectivity index (χ0) is 15.8. The summed E-state index contributed by atoms with van der Waals surface area (Å²) in [5.74, 6) is -0.609. The first-order valence-electron chi connectivity index (χ1n) is 6.41. The molecule has 0 aliphatic heterocycles. The summed E-state index contributed by atoms with van der Waals surface area (Å²) < 4.78 is 9.95. The van der Waals surface area contributed by atoms with Gasteiger partial charge in [-0.25, -0.2) is 9.59 Å². The van der Waals surface area contributed by atoms with Crippen molar-refractivity contribution in [3.05, 3.63) is 29.8 Å². The molecule has 0 saturated heterocycles. The highest BCUT2D eigenvalue weighted by molar-refractivity contribution is 5.96. The lowest BCUT2D eigenvalue weighted by molar-refractivity contribution is -0.126. The van der Waals surface area contributed by atoms with Crippen LogP contribution in [0.1, 0.15) is 24.2 Å². The molecule has 1 aromatic rings. The number of ether oxygens (including phenoxy) is 2. The first-order chi connectivity index (χ1) is 9.97. The van der Waals surface area contributed by atoms with E-state index in [1.54, 1.807) is 19.1 Å². The van der Waals surface area contributed by atoms with Crippen LogP contribution in [0.25, 0.3) is 0 Å². The van der Waals surface area contributed by atoms with E-state index in [0.717, 1.165) is 0 Å². The van der Waals surface area contributed by atoms with Crippen molar-refractivity contribution in [3.8, 4) is 5.75 Å². The third kappa shape index (κ3) is 5.13. The van der Waals surface area contributed by atoms with Gasteiger partial charge in [-0.2, -0.15) is 0 Å². The van der Waals surface area contributed by atoms with Gasteiger partial charge in [0.1, 0.15) is 5.75 Å². The lowest BCUT2D eigenvalue weighted by atomic mass is 10.2. The largest absolute Gasteiger partial charge is 0.481 e. The molecule has 0 aliphatic rings. The Morgan fingerprint density at radius 2 is 1.81 bits per heavy atom. The van der Waals surface area contributed by atoms with Crippen molar-refractivity contribution in [1.82, 2.24) is 10.6 Å². The topological polar surface area (TPSA) is 93.7 Å². The molecule has 1 atom stereocenters. The molecule has 1 rings (SSSR count). The molecule has 0 heterocycles. The molecule has 0 spiro atoms. The monoisotopic (exact) mass is 294 g/mol. The molecule has 0 radical (unpaired) electrons. The van der Waals surface area contributed by atoms with Gasteiger partial charge in [0.25, 0.3) is 5.91 Å². The van der Waals surface area contributed by atoms with Crippen LogP contribution in [0.15, 0.2) is 24.3 Å². The first-order valence-corrected chi connectivity index (χ1v) is 6.41. The van der Waals surface area contributed by atoms with E-state index in [1.807, 2.05) is 0 Å². The van der Waals surface area contributed by atoms with Gasteiger partial charge in [0.05, 0.1) is 12.7 Å². The van der Waals surface area contributed by atoms with Crippen LogP contribution in [0, 0.1) is 0 Å². The summed E-state index contributed by atoms with van der Waals surface area (Å²) in [4.78, 5) is 34.2. The van der Waals surface area contributed by atoms with Gasteiger partial charge >= 0.3 is 12.0 Å². The van der Waals surface area contributed by atoms with Crippen molar-refractivity contribution in [2.45, 2.75) is 20.0 Å². The number of nitrogens with one attached hydrogen (secondary N) is 2. The Hall–Kier alpha value is -2.57. The van der Waals surface area contributed by atoms with Gasteiger partial charge in [-0.15, -0.1) is 0 Å². The van der Waals surface area contributed by atoms with Crippen LogP contribution >= 0.6 is 0 Å². The van der Waals surface area contributed by atoms with Gasteiger partial charge in [0.15, 0.2) is 6.10 Å². The van der Waals surface area contributed by atoms with Gasteiger partial charge < -0.3 is 14.8 Å². The Balaban J connectivity index is 2.58. The maximum absolute atomic E-state index is 11.7. The zero-order valence-corrected chi connectivity index (χ0v) is 12.1. The van der Waals surface area contributed by atoms with Crippen LogP contribution < -0.4 is 15.4 Å². The van der Waals surface area contributed by atoms with Gasteiger partial charge in [0, 0.05) is 6.54 Å². The van der Waals surface area contributed by atoms with Crippen LogP contribution in [-0.4, -0.2) is 37.7 Å².